The number of hydrogen-bond donors (Lipinski definition) is 2. The minimum Gasteiger partial charge on any atom is -0.491 e. The molecule has 0 amide bonds. The first kappa shape index (κ1) is 13.4. The molecule has 1 atom stereocenters. The first-order valence-electron chi connectivity index (χ1n) is 6.91. The standard InChI is InChI=1S/C15H23NO2/c17-14(11-16-10-9-13-5-4-6-13)12-18-15-7-2-1-3-8-15/h1-3,7-8,13-14,16-17H,4-6,9-12H2. The lowest BCUT2D eigenvalue weighted by Gasteiger charge is -2.25. The maximum Gasteiger partial charge on any atom is 0.119 e. The van der Waals surface area contributed by atoms with Gasteiger partial charge < -0.3 is 15.2 Å². The van der Waals surface area contributed by atoms with Crippen molar-refractivity contribution in [1.82, 2.24) is 5.32 Å². The summed E-state index contributed by atoms with van der Waals surface area (Å²) < 4.78 is 5.49. The maximum atomic E-state index is 9.76. The number of benzene rings is 1. The van der Waals surface area contributed by atoms with Crippen LogP contribution in [0.5, 0.6) is 5.75 Å². The van der Waals surface area contributed by atoms with Crippen LogP contribution < -0.4 is 10.1 Å². The Hall–Kier alpha value is -1.06. The van der Waals surface area contributed by atoms with Crippen LogP contribution in [0.4, 0.5) is 0 Å². The highest BCUT2D eigenvalue weighted by Gasteiger charge is 2.16. The third-order valence-electron chi connectivity index (χ3n) is 3.52. The Balaban J connectivity index is 1.50. The van der Waals surface area contributed by atoms with E-state index in [2.05, 4.69) is 5.32 Å². The molecule has 0 radical (unpaired) electrons. The predicted octanol–water partition coefficient (Wildman–Crippen LogP) is 2.21. The van der Waals surface area contributed by atoms with E-state index < -0.39 is 6.10 Å². The molecule has 1 saturated carbocycles. The van der Waals surface area contributed by atoms with E-state index in [4.69, 9.17) is 4.74 Å². The van der Waals surface area contributed by atoms with Crippen LogP contribution in [0, 0.1) is 5.92 Å². The van der Waals surface area contributed by atoms with Crippen LogP contribution in [0.15, 0.2) is 30.3 Å². The van der Waals surface area contributed by atoms with Crippen molar-refractivity contribution in [3.63, 3.8) is 0 Å². The average Bonchev–Trinajstić information content (AvgIpc) is 2.35. The van der Waals surface area contributed by atoms with Crippen molar-refractivity contribution in [2.45, 2.75) is 31.8 Å². The molecule has 1 aliphatic rings. The summed E-state index contributed by atoms with van der Waals surface area (Å²) in [5.74, 6) is 1.74. The minimum absolute atomic E-state index is 0.348. The molecular weight excluding hydrogens is 226 g/mol. The third-order valence-corrected chi connectivity index (χ3v) is 3.52. The van der Waals surface area contributed by atoms with Crippen LogP contribution in [-0.4, -0.2) is 30.9 Å². The second-order valence-electron chi connectivity index (χ2n) is 5.07. The van der Waals surface area contributed by atoms with Crippen molar-refractivity contribution in [1.29, 1.82) is 0 Å². The molecule has 1 aliphatic carbocycles. The second kappa shape index (κ2) is 7.39. The van der Waals surface area contributed by atoms with Crippen molar-refractivity contribution in [2.24, 2.45) is 5.92 Å². The number of aliphatic hydroxyl groups is 1. The summed E-state index contributed by atoms with van der Waals surface area (Å²) in [6, 6.07) is 9.61. The third kappa shape index (κ3) is 4.67. The molecule has 18 heavy (non-hydrogen) atoms. The van der Waals surface area contributed by atoms with Gasteiger partial charge in [-0.25, -0.2) is 0 Å². The van der Waals surface area contributed by atoms with Crippen LogP contribution in [-0.2, 0) is 0 Å². The zero-order valence-electron chi connectivity index (χ0n) is 10.8. The molecule has 100 valence electrons. The Labute approximate surface area is 109 Å². The van der Waals surface area contributed by atoms with Gasteiger partial charge in [-0.1, -0.05) is 37.5 Å². The number of aliphatic hydroxyl groups excluding tert-OH is 1. The SMILES string of the molecule is OC(CNCCC1CCC1)COc1ccccc1. The largest absolute Gasteiger partial charge is 0.491 e. The van der Waals surface area contributed by atoms with E-state index in [1.54, 1.807) is 0 Å². The van der Waals surface area contributed by atoms with Gasteiger partial charge in [0.1, 0.15) is 18.5 Å². The molecular formula is C15H23NO2. The highest BCUT2D eigenvalue weighted by atomic mass is 16.5. The quantitative estimate of drug-likeness (QED) is 0.694. The van der Waals surface area contributed by atoms with Gasteiger partial charge in [-0.05, 0) is 31.0 Å². The van der Waals surface area contributed by atoms with E-state index in [1.165, 1.54) is 25.7 Å². The number of rotatable bonds is 8. The predicted molar refractivity (Wildman–Crippen MR) is 72.8 cm³/mol. The van der Waals surface area contributed by atoms with Gasteiger partial charge in [0, 0.05) is 6.54 Å². The Morgan fingerprint density at radius 1 is 1.28 bits per heavy atom. The van der Waals surface area contributed by atoms with E-state index in [1.807, 2.05) is 30.3 Å². The first-order chi connectivity index (χ1) is 8.84. The molecule has 2 N–H and O–H groups in total. The van der Waals surface area contributed by atoms with Crippen molar-refractivity contribution in [2.75, 3.05) is 19.7 Å². The average molecular weight is 249 g/mol. The Morgan fingerprint density at radius 3 is 2.72 bits per heavy atom. The zero-order chi connectivity index (χ0) is 12.6. The van der Waals surface area contributed by atoms with Gasteiger partial charge in [-0.3, -0.25) is 0 Å². The lowest BCUT2D eigenvalue weighted by molar-refractivity contribution is 0.105. The fourth-order valence-corrected chi connectivity index (χ4v) is 2.12. The minimum atomic E-state index is -0.438. The van der Waals surface area contributed by atoms with Crippen LogP contribution in [0.1, 0.15) is 25.7 Å². The molecule has 0 aromatic heterocycles. The molecule has 0 heterocycles. The highest BCUT2D eigenvalue weighted by Crippen LogP contribution is 2.28. The van der Waals surface area contributed by atoms with Crippen LogP contribution in [0.3, 0.4) is 0 Å². The van der Waals surface area contributed by atoms with E-state index >= 15 is 0 Å². The van der Waals surface area contributed by atoms with Gasteiger partial charge in [0.25, 0.3) is 0 Å². The summed E-state index contributed by atoms with van der Waals surface area (Å²) in [6.07, 6.45) is 4.99. The molecule has 3 heteroatoms. The Kier molecular flexibility index (Phi) is 5.49. The topological polar surface area (TPSA) is 41.5 Å². The molecule has 0 spiro atoms. The highest BCUT2D eigenvalue weighted by molar-refractivity contribution is 5.20. The van der Waals surface area contributed by atoms with Crippen LogP contribution >= 0.6 is 0 Å². The first-order valence-corrected chi connectivity index (χ1v) is 6.91. The summed E-state index contributed by atoms with van der Waals surface area (Å²) >= 11 is 0. The van der Waals surface area contributed by atoms with E-state index in [9.17, 15) is 5.11 Å². The molecule has 1 aromatic rings. The van der Waals surface area contributed by atoms with E-state index in [-0.39, 0.29) is 0 Å². The number of para-hydroxylation sites is 1. The molecule has 0 saturated heterocycles. The summed E-state index contributed by atoms with van der Waals surface area (Å²) in [7, 11) is 0. The van der Waals surface area contributed by atoms with Gasteiger partial charge in [-0.2, -0.15) is 0 Å². The van der Waals surface area contributed by atoms with Crippen LogP contribution in [0.2, 0.25) is 0 Å². The summed E-state index contributed by atoms with van der Waals surface area (Å²) in [5.41, 5.74) is 0. The monoisotopic (exact) mass is 249 g/mol. The lowest BCUT2D eigenvalue weighted by Crippen LogP contribution is -2.33. The summed E-state index contributed by atoms with van der Waals surface area (Å²) in [5, 5.41) is 13.0. The molecule has 0 aliphatic heterocycles. The normalized spacial score (nSPS) is 17.2. The molecule has 2 rings (SSSR count). The summed E-state index contributed by atoms with van der Waals surface area (Å²) in [6.45, 7) is 1.97. The maximum absolute atomic E-state index is 9.76. The van der Waals surface area contributed by atoms with Crippen LogP contribution in [0.25, 0.3) is 0 Å². The Morgan fingerprint density at radius 2 is 2.06 bits per heavy atom. The van der Waals surface area contributed by atoms with E-state index in [0.717, 1.165) is 18.2 Å². The van der Waals surface area contributed by atoms with Crippen molar-refractivity contribution in [3.05, 3.63) is 30.3 Å². The van der Waals surface area contributed by atoms with Crippen molar-refractivity contribution >= 4 is 0 Å². The molecule has 1 fully saturated rings. The van der Waals surface area contributed by atoms with Gasteiger partial charge >= 0.3 is 0 Å². The fraction of sp³-hybridized carbons (Fsp3) is 0.600. The smallest absolute Gasteiger partial charge is 0.119 e. The van der Waals surface area contributed by atoms with Gasteiger partial charge in [0.05, 0.1) is 0 Å². The van der Waals surface area contributed by atoms with Crippen molar-refractivity contribution in [3.8, 4) is 5.75 Å². The van der Waals surface area contributed by atoms with Gasteiger partial charge in [0.2, 0.25) is 0 Å². The zero-order valence-corrected chi connectivity index (χ0v) is 10.8. The van der Waals surface area contributed by atoms with Gasteiger partial charge in [0.15, 0.2) is 0 Å². The summed E-state index contributed by atoms with van der Waals surface area (Å²) in [4.78, 5) is 0. The number of ether oxygens (including phenoxy) is 1. The molecule has 1 aromatic carbocycles. The van der Waals surface area contributed by atoms with E-state index in [0.29, 0.717) is 13.2 Å². The molecule has 1 unspecified atom stereocenters. The molecule has 3 nitrogen and oxygen atoms in total. The Bertz CT molecular complexity index is 325. The second-order valence-corrected chi connectivity index (χ2v) is 5.07. The van der Waals surface area contributed by atoms with Gasteiger partial charge in [-0.15, -0.1) is 0 Å². The fourth-order valence-electron chi connectivity index (χ4n) is 2.12. The number of hydrogen-bond acceptors (Lipinski definition) is 3. The molecule has 0 bridgehead atoms. The number of nitrogens with one attached hydrogen (secondary N) is 1. The van der Waals surface area contributed by atoms with Crippen molar-refractivity contribution < 1.29 is 9.84 Å². The lowest BCUT2D eigenvalue weighted by atomic mass is 9.83.